The molecule has 2 aromatic carbocycles. The molecule has 1 fully saturated rings. The van der Waals surface area contributed by atoms with Gasteiger partial charge in [-0.25, -0.2) is 4.79 Å². The molecular formula is C22H26N2O4. The summed E-state index contributed by atoms with van der Waals surface area (Å²) in [5, 5.41) is 0. The first-order valence-electron chi connectivity index (χ1n) is 9.27. The van der Waals surface area contributed by atoms with Gasteiger partial charge in [0.1, 0.15) is 11.3 Å². The summed E-state index contributed by atoms with van der Waals surface area (Å²) in [4.78, 5) is 28.9. The molecule has 1 aliphatic rings. The van der Waals surface area contributed by atoms with Crippen molar-refractivity contribution < 1.29 is 19.1 Å². The highest BCUT2D eigenvalue weighted by molar-refractivity contribution is 5.96. The number of carbonyl (C=O) groups excluding carboxylic acids is 2. The minimum atomic E-state index is -0.449. The van der Waals surface area contributed by atoms with Crippen molar-refractivity contribution >= 4 is 11.9 Å². The summed E-state index contributed by atoms with van der Waals surface area (Å²) in [7, 11) is 6.79. The molecule has 1 atom stereocenters. The molecule has 2 aromatic rings. The number of ether oxygens (including phenoxy) is 2. The largest absolute Gasteiger partial charge is 0.496 e. The molecule has 0 saturated carbocycles. The maximum absolute atomic E-state index is 12.9. The average Bonchev–Trinajstić information content (AvgIpc) is 3.17. The summed E-state index contributed by atoms with van der Waals surface area (Å²) in [5.41, 5.74) is 2.76. The van der Waals surface area contributed by atoms with E-state index in [-0.39, 0.29) is 11.9 Å². The fourth-order valence-electron chi connectivity index (χ4n) is 3.58. The predicted molar refractivity (Wildman–Crippen MR) is 108 cm³/mol. The molecule has 0 spiro atoms. The third-order valence-corrected chi connectivity index (χ3v) is 5.28. The van der Waals surface area contributed by atoms with Crippen molar-refractivity contribution in [1.82, 2.24) is 9.80 Å². The summed E-state index contributed by atoms with van der Waals surface area (Å²) in [6.45, 7) is 1.91. The van der Waals surface area contributed by atoms with E-state index < -0.39 is 5.97 Å². The number of likely N-dealkylation sites (tertiary alicyclic amines) is 1. The number of methoxy groups -OCH3 is 2. The van der Waals surface area contributed by atoms with Crippen LogP contribution < -0.4 is 4.74 Å². The summed E-state index contributed by atoms with van der Waals surface area (Å²) in [5.74, 6) is 0.00275. The minimum Gasteiger partial charge on any atom is -0.496 e. The lowest BCUT2D eigenvalue weighted by atomic mass is 10.0. The standard InChI is InChI=1S/C22H26N2O4/c1-23-11-10-18(14-23)24(2)21(25)17-7-5-6-15(12-17)16-8-9-19(22(26)28-4)20(13-16)27-3/h5-9,12-13,18H,10-11,14H2,1-4H3. The molecule has 1 aliphatic heterocycles. The zero-order chi connectivity index (χ0) is 20.3. The molecule has 3 rings (SSSR count). The topological polar surface area (TPSA) is 59.1 Å². The van der Waals surface area contributed by atoms with Crippen LogP contribution in [0.5, 0.6) is 5.75 Å². The van der Waals surface area contributed by atoms with Crippen molar-refractivity contribution in [3.63, 3.8) is 0 Å². The Labute approximate surface area is 165 Å². The van der Waals surface area contributed by atoms with E-state index in [1.807, 2.05) is 42.3 Å². The van der Waals surface area contributed by atoms with Gasteiger partial charge in [-0.2, -0.15) is 0 Å². The number of hydrogen-bond donors (Lipinski definition) is 0. The van der Waals surface area contributed by atoms with Gasteiger partial charge in [-0.05, 0) is 55.4 Å². The van der Waals surface area contributed by atoms with Crippen molar-refractivity contribution in [2.75, 3.05) is 41.4 Å². The third-order valence-electron chi connectivity index (χ3n) is 5.28. The third kappa shape index (κ3) is 4.02. The van der Waals surface area contributed by atoms with Crippen LogP contribution in [-0.2, 0) is 4.74 Å². The summed E-state index contributed by atoms with van der Waals surface area (Å²) < 4.78 is 10.1. The first kappa shape index (κ1) is 19.9. The number of likely N-dealkylation sites (N-methyl/N-ethyl adjacent to an activating group) is 2. The Bertz CT molecular complexity index is 881. The van der Waals surface area contributed by atoms with Crippen molar-refractivity contribution in [1.29, 1.82) is 0 Å². The molecule has 0 N–H and O–H groups in total. The normalized spacial score (nSPS) is 16.6. The first-order valence-corrected chi connectivity index (χ1v) is 9.27. The van der Waals surface area contributed by atoms with Gasteiger partial charge in [0.05, 0.1) is 14.2 Å². The van der Waals surface area contributed by atoms with Crippen LogP contribution in [0.15, 0.2) is 42.5 Å². The van der Waals surface area contributed by atoms with E-state index in [4.69, 9.17) is 9.47 Å². The van der Waals surface area contributed by atoms with Gasteiger partial charge in [0, 0.05) is 25.2 Å². The SMILES string of the molecule is COC(=O)c1ccc(-c2cccc(C(=O)N(C)C3CCN(C)C3)c2)cc1OC. The average molecular weight is 382 g/mol. The molecule has 1 amide bonds. The van der Waals surface area contributed by atoms with Gasteiger partial charge in [-0.15, -0.1) is 0 Å². The molecule has 0 aromatic heterocycles. The monoisotopic (exact) mass is 382 g/mol. The Balaban J connectivity index is 1.87. The molecule has 0 radical (unpaired) electrons. The van der Waals surface area contributed by atoms with Crippen LogP contribution in [0.3, 0.4) is 0 Å². The predicted octanol–water partition coefficient (Wildman–Crippen LogP) is 2.92. The van der Waals surface area contributed by atoms with Crippen LogP contribution in [0.2, 0.25) is 0 Å². The van der Waals surface area contributed by atoms with Crippen LogP contribution in [0.1, 0.15) is 27.1 Å². The van der Waals surface area contributed by atoms with Gasteiger partial charge in [0.25, 0.3) is 5.91 Å². The molecule has 0 aliphatic carbocycles. The van der Waals surface area contributed by atoms with E-state index in [0.717, 1.165) is 30.6 Å². The molecule has 6 heteroatoms. The number of hydrogen-bond acceptors (Lipinski definition) is 5. The zero-order valence-electron chi connectivity index (χ0n) is 16.8. The van der Waals surface area contributed by atoms with Crippen molar-refractivity contribution in [2.24, 2.45) is 0 Å². The Morgan fingerprint density at radius 1 is 1.11 bits per heavy atom. The Hall–Kier alpha value is -2.86. The molecule has 0 bridgehead atoms. The summed E-state index contributed by atoms with van der Waals surface area (Å²) >= 11 is 0. The van der Waals surface area contributed by atoms with Crippen LogP contribution >= 0.6 is 0 Å². The van der Waals surface area contributed by atoms with Gasteiger partial charge in [0.15, 0.2) is 0 Å². The molecule has 148 valence electrons. The Morgan fingerprint density at radius 2 is 1.86 bits per heavy atom. The second-order valence-corrected chi connectivity index (χ2v) is 7.11. The lowest BCUT2D eigenvalue weighted by molar-refractivity contribution is 0.0596. The van der Waals surface area contributed by atoms with E-state index in [1.165, 1.54) is 14.2 Å². The summed E-state index contributed by atoms with van der Waals surface area (Å²) in [6.07, 6.45) is 0.991. The molecule has 6 nitrogen and oxygen atoms in total. The first-order chi connectivity index (χ1) is 13.4. The summed E-state index contributed by atoms with van der Waals surface area (Å²) in [6, 6.07) is 13.0. The lowest BCUT2D eigenvalue weighted by Crippen LogP contribution is -2.38. The number of benzene rings is 2. The number of esters is 1. The van der Waals surface area contributed by atoms with Gasteiger partial charge >= 0.3 is 5.97 Å². The van der Waals surface area contributed by atoms with Gasteiger partial charge < -0.3 is 19.3 Å². The maximum atomic E-state index is 12.9. The van der Waals surface area contributed by atoms with Gasteiger partial charge in [-0.3, -0.25) is 4.79 Å². The van der Waals surface area contributed by atoms with E-state index in [2.05, 4.69) is 11.9 Å². The zero-order valence-corrected chi connectivity index (χ0v) is 16.8. The van der Waals surface area contributed by atoms with Crippen molar-refractivity contribution in [2.45, 2.75) is 12.5 Å². The highest BCUT2D eigenvalue weighted by Crippen LogP contribution is 2.29. The lowest BCUT2D eigenvalue weighted by Gasteiger charge is -2.24. The molecule has 28 heavy (non-hydrogen) atoms. The van der Waals surface area contributed by atoms with Crippen molar-refractivity contribution in [3.8, 4) is 16.9 Å². The second-order valence-electron chi connectivity index (χ2n) is 7.11. The van der Waals surface area contributed by atoms with E-state index in [1.54, 1.807) is 12.1 Å². The van der Waals surface area contributed by atoms with E-state index in [0.29, 0.717) is 16.9 Å². The van der Waals surface area contributed by atoms with Crippen LogP contribution in [0.4, 0.5) is 0 Å². The Morgan fingerprint density at radius 3 is 2.50 bits per heavy atom. The fourth-order valence-corrected chi connectivity index (χ4v) is 3.58. The number of nitrogens with zero attached hydrogens (tertiary/aromatic N) is 2. The van der Waals surface area contributed by atoms with Gasteiger partial charge in [-0.1, -0.05) is 18.2 Å². The van der Waals surface area contributed by atoms with E-state index in [9.17, 15) is 9.59 Å². The smallest absolute Gasteiger partial charge is 0.341 e. The molecule has 1 unspecified atom stereocenters. The van der Waals surface area contributed by atoms with Crippen LogP contribution in [0, 0.1) is 0 Å². The van der Waals surface area contributed by atoms with Crippen LogP contribution in [0.25, 0.3) is 11.1 Å². The fraction of sp³-hybridized carbons (Fsp3) is 0.364. The number of rotatable bonds is 5. The highest BCUT2D eigenvalue weighted by atomic mass is 16.5. The van der Waals surface area contributed by atoms with Gasteiger partial charge in [0.2, 0.25) is 0 Å². The van der Waals surface area contributed by atoms with E-state index >= 15 is 0 Å². The highest BCUT2D eigenvalue weighted by Gasteiger charge is 2.27. The number of carbonyl (C=O) groups is 2. The minimum absolute atomic E-state index is 0.0142. The molecule has 1 heterocycles. The second kappa shape index (κ2) is 8.44. The van der Waals surface area contributed by atoms with Crippen molar-refractivity contribution in [3.05, 3.63) is 53.6 Å². The quantitative estimate of drug-likeness (QED) is 0.744. The molecule has 1 saturated heterocycles. The number of amides is 1. The maximum Gasteiger partial charge on any atom is 0.341 e. The Kier molecular flexibility index (Phi) is 5.99. The van der Waals surface area contributed by atoms with Crippen LogP contribution in [-0.4, -0.2) is 69.1 Å². The molecular weight excluding hydrogens is 356 g/mol.